The van der Waals surface area contributed by atoms with Gasteiger partial charge in [0.2, 0.25) is 0 Å². The molecule has 2 aromatic carbocycles. The SMILES string of the molecule is CCCn1nc(C(C)C)n(Cc2ccc(-c3ccccc3C(=O)O)cc2)c1=O. The third-order valence-corrected chi connectivity index (χ3v) is 4.67. The number of benzene rings is 2. The number of carboxylic acid groups (broad SMARTS) is 1. The van der Waals surface area contributed by atoms with Crippen molar-refractivity contribution in [3.63, 3.8) is 0 Å². The van der Waals surface area contributed by atoms with E-state index in [-0.39, 0.29) is 17.2 Å². The maximum Gasteiger partial charge on any atom is 0.346 e. The van der Waals surface area contributed by atoms with Gasteiger partial charge in [-0.25, -0.2) is 14.3 Å². The number of hydrogen-bond donors (Lipinski definition) is 1. The monoisotopic (exact) mass is 379 g/mol. The molecule has 0 bridgehead atoms. The van der Waals surface area contributed by atoms with E-state index in [0.717, 1.165) is 23.4 Å². The molecule has 6 nitrogen and oxygen atoms in total. The molecule has 0 saturated heterocycles. The first-order valence-electron chi connectivity index (χ1n) is 9.51. The topological polar surface area (TPSA) is 77.1 Å². The van der Waals surface area contributed by atoms with Crippen molar-refractivity contribution in [3.05, 3.63) is 76.0 Å². The quantitative estimate of drug-likeness (QED) is 0.673. The molecule has 1 N–H and O–H groups in total. The molecule has 0 saturated carbocycles. The van der Waals surface area contributed by atoms with Crippen LogP contribution in [0.15, 0.2) is 53.3 Å². The van der Waals surface area contributed by atoms with Crippen molar-refractivity contribution in [1.82, 2.24) is 14.3 Å². The highest BCUT2D eigenvalue weighted by atomic mass is 16.4. The maximum absolute atomic E-state index is 12.7. The van der Waals surface area contributed by atoms with Crippen LogP contribution in [0.25, 0.3) is 11.1 Å². The zero-order chi connectivity index (χ0) is 20.3. The number of carboxylic acids is 1. The van der Waals surface area contributed by atoms with Gasteiger partial charge < -0.3 is 5.11 Å². The van der Waals surface area contributed by atoms with Gasteiger partial charge in [-0.15, -0.1) is 0 Å². The van der Waals surface area contributed by atoms with Crippen molar-refractivity contribution in [3.8, 4) is 11.1 Å². The van der Waals surface area contributed by atoms with Crippen molar-refractivity contribution < 1.29 is 9.90 Å². The third-order valence-electron chi connectivity index (χ3n) is 4.67. The first-order chi connectivity index (χ1) is 13.4. The van der Waals surface area contributed by atoms with Crippen LogP contribution in [0.2, 0.25) is 0 Å². The van der Waals surface area contributed by atoms with Gasteiger partial charge in [-0.05, 0) is 29.2 Å². The van der Waals surface area contributed by atoms with E-state index in [2.05, 4.69) is 5.10 Å². The van der Waals surface area contributed by atoms with Crippen LogP contribution >= 0.6 is 0 Å². The minimum Gasteiger partial charge on any atom is -0.478 e. The summed E-state index contributed by atoms with van der Waals surface area (Å²) in [6.07, 6.45) is 0.853. The lowest BCUT2D eigenvalue weighted by Gasteiger charge is -2.10. The number of carbonyl (C=O) groups is 1. The summed E-state index contributed by atoms with van der Waals surface area (Å²) in [6.45, 7) is 7.13. The molecular formula is C22H25N3O3. The second-order valence-corrected chi connectivity index (χ2v) is 7.15. The lowest BCUT2D eigenvalue weighted by Crippen LogP contribution is -2.26. The number of hydrogen-bond acceptors (Lipinski definition) is 3. The molecule has 0 unspecified atom stereocenters. The fraction of sp³-hybridized carbons (Fsp3) is 0.318. The molecule has 6 heteroatoms. The van der Waals surface area contributed by atoms with Crippen LogP contribution in [0.5, 0.6) is 0 Å². The van der Waals surface area contributed by atoms with Crippen LogP contribution in [0.1, 0.15) is 54.9 Å². The Morgan fingerprint density at radius 3 is 2.39 bits per heavy atom. The van der Waals surface area contributed by atoms with Gasteiger partial charge in [0.1, 0.15) is 5.82 Å². The fourth-order valence-corrected chi connectivity index (χ4v) is 3.28. The Balaban J connectivity index is 1.92. The van der Waals surface area contributed by atoms with Crippen LogP contribution in [-0.4, -0.2) is 25.4 Å². The van der Waals surface area contributed by atoms with Gasteiger partial charge in [0.05, 0.1) is 12.1 Å². The first kappa shape index (κ1) is 19.6. The predicted molar refractivity (Wildman–Crippen MR) is 109 cm³/mol. The maximum atomic E-state index is 12.7. The number of aromatic nitrogens is 3. The molecule has 0 aliphatic carbocycles. The summed E-state index contributed by atoms with van der Waals surface area (Å²) in [6, 6.07) is 14.6. The minimum absolute atomic E-state index is 0.0918. The highest BCUT2D eigenvalue weighted by Gasteiger charge is 2.16. The molecule has 0 aliphatic heterocycles. The fourth-order valence-electron chi connectivity index (χ4n) is 3.28. The Kier molecular flexibility index (Phi) is 5.78. The summed E-state index contributed by atoms with van der Waals surface area (Å²) in [4.78, 5) is 24.1. The molecule has 3 rings (SSSR count). The van der Waals surface area contributed by atoms with Gasteiger partial charge in [0, 0.05) is 12.5 Å². The van der Waals surface area contributed by atoms with Gasteiger partial charge in [-0.1, -0.05) is 63.2 Å². The Hall–Kier alpha value is -3.15. The van der Waals surface area contributed by atoms with E-state index < -0.39 is 5.97 Å². The van der Waals surface area contributed by atoms with Crippen LogP contribution < -0.4 is 5.69 Å². The number of aryl methyl sites for hydroxylation is 1. The zero-order valence-electron chi connectivity index (χ0n) is 16.4. The second-order valence-electron chi connectivity index (χ2n) is 7.15. The Bertz CT molecular complexity index is 1030. The van der Waals surface area contributed by atoms with Crippen molar-refractivity contribution in [2.75, 3.05) is 0 Å². The summed E-state index contributed by atoms with van der Waals surface area (Å²) < 4.78 is 3.26. The molecule has 0 radical (unpaired) electrons. The number of aromatic carboxylic acids is 1. The molecule has 1 aromatic heterocycles. The van der Waals surface area contributed by atoms with Gasteiger partial charge in [-0.2, -0.15) is 5.10 Å². The Morgan fingerprint density at radius 1 is 1.11 bits per heavy atom. The zero-order valence-corrected chi connectivity index (χ0v) is 16.4. The molecule has 1 heterocycles. The van der Waals surface area contributed by atoms with E-state index in [0.29, 0.717) is 18.7 Å². The summed E-state index contributed by atoms with van der Waals surface area (Å²) in [5.41, 5.74) is 2.66. The van der Waals surface area contributed by atoms with E-state index in [1.807, 2.05) is 51.1 Å². The Labute approximate surface area is 164 Å². The number of nitrogens with zero attached hydrogens (tertiary/aromatic N) is 3. The molecule has 146 valence electrons. The van der Waals surface area contributed by atoms with Gasteiger partial charge in [0.15, 0.2) is 0 Å². The number of rotatable bonds is 7. The van der Waals surface area contributed by atoms with E-state index >= 15 is 0 Å². The molecular weight excluding hydrogens is 354 g/mol. The summed E-state index contributed by atoms with van der Waals surface area (Å²) in [5, 5.41) is 13.9. The second kappa shape index (κ2) is 8.25. The molecule has 0 spiro atoms. The van der Waals surface area contributed by atoms with Crippen molar-refractivity contribution in [1.29, 1.82) is 0 Å². The third kappa shape index (κ3) is 3.91. The highest BCUT2D eigenvalue weighted by molar-refractivity contribution is 5.95. The van der Waals surface area contributed by atoms with Crippen molar-refractivity contribution in [2.24, 2.45) is 0 Å². The standard InChI is InChI=1S/C22H25N3O3/c1-4-13-25-22(28)24(20(23-25)15(2)3)14-16-9-11-17(12-10-16)18-7-5-6-8-19(18)21(26)27/h5-12,15H,4,13-14H2,1-3H3,(H,26,27). The van der Waals surface area contributed by atoms with Crippen LogP contribution in [0.4, 0.5) is 0 Å². The van der Waals surface area contributed by atoms with E-state index in [1.165, 1.54) is 4.68 Å². The van der Waals surface area contributed by atoms with Crippen LogP contribution in [0.3, 0.4) is 0 Å². The van der Waals surface area contributed by atoms with Crippen molar-refractivity contribution in [2.45, 2.75) is 46.2 Å². The Morgan fingerprint density at radius 2 is 1.79 bits per heavy atom. The molecule has 0 aliphatic rings. The van der Waals surface area contributed by atoms with Gasteiger partial charge in [-0.3, -0.25) is 4.57 Å². The van der Waals surface area contributed by atoms with Gasteiger partial charge in [0.25, 0.3) is 0 Å². The largest absolute Gasteiger partial charge is 0.478 e. The minimum atomic E-state index is -0.948. The molecule has 3 aromatic rings. The van der Waals surface area contributed by atoms with Gasteiger partial charge >= 0.3 is 11.7 Å². The molecule has 0 fully saturated rings. The highest BCUT2D eigenvalue weighted by Crippen LogP contribution is 2.24. The first-order valence-corrected chi connectivity index (χ1v) is 9.51. The lowest BCUT2D eigenvalue weighted by molar-refractivity contribution is 0.0697. The van der Waals surface area contributed by atoms with E-state index in [1.54, 1.807) is 22.8 Å². The summed E-state index contributed by atoms with van der Waals surface area (Å²) >= 11 is 0. The molecule has 0 atom stereocenters. The summed E-state index contributed by atoms with van der Waals surface area (Å²) in [5.74, 6) is -0.0255. The average molecular weight is 379 g/mol. The van der Waals surface area contributed by atoms with E-state index in [9.17, 15) is 14.7 Å². The predicted octanol–water partition coefficient (Wildman–Crippen LogP) is 3.99. The van der Waals surface area contributed by atoms with E-state index in [4.69, 9.17) is 0 Å². The van der Waals surface area contributed by atoms with Crippen LogP contribution in [-0.2, 0) is 13.1 Å². The molecule has 0 amide bonds. The van der Waals surface area contributed by atoms with Crippen LogP contribution in [0, 0.1) is 0 Å². The normalized spacial score (nSPS) is 11.1. The molecule has 28 heavy (non-hydrogen) atoms. The van der Waals surface area contributed by atoms with Crippen molar-refractivity contribution >= 4 is 5.97 Å². The lowest BCUT2D eigenvalue weighted by atomic mass is 9.99. The smallest absolute Gasteiger partial charge is 0.346 e. The average Bonchev–Trinajstić information content (AvgIpc) is 2.99. The summed E-state index contributed by atoms with van der Waals surface area (Å²) in [7, 11) is 0.